The highest BCUT2D eigenvalue weighted by Crippen LogP contribution is 2.70. The third-order valence-corrected chi connectivity index (χ3v) is 9.66. The molecule has 2 saturated carbocycles. The van der Waals surface area contributed by atoms with Crippen LogP contribution in [0.15, 0.2) is 30.3 Å². The fraction of sp³-hybridized carbons (Fsp3) is 0.741. The van der Waals surface area contributed by atoms with E-state index in [1.165, 1.54) is 24.8 Å². The Balaban J connectivity index is 1.06. The van der Waals surface area contributed by atoms with Crippen LogP contribution in [-0.2, 0) is 20.8 Å². The Kier molecular flexibility index (Phi) is 5.16. The van der Waals surface area contributed by atoms with Gasteiger partial charge in [-0.2, -0.15) is 0 Å². The van der Waals surface area contributed by atoms with Crippen molar-refractivity contribution in [3.63, 3.8) is 0 Å². The summed E-state index contributed by atoms with van der Waals surface area (Å²) in [5, 5.41) is 3.76. The van der Waals surface area contributed by atoms with Crippen molar-refractivity contribution in [1.29, 1.82) is 0 Å². The molecule has 0 bridgehead atoms. The minimum absolute atomic E-state index is 0.00141. The average Bonchev–Trinajstić information content (AvgIpc) is 3.47. The summed E-state index contributed by atoms with van der Waals surface area (Å²) >= 11 is 0. The van der Waals surface area contributed by atoms with E-state index in [9.17, 15) is 4.79 Å². The summed E-state index contributed by atoms with van der Waals surface area (Å²) in [6, 6.07) is 11.2. The molecule has 5 aliphatic rings. The molecule has 5 heteroatoms. The van der Waals surface area contributed by atoms with E-state index in [1.54, 1.807) is 0 Å². The number of nitrogens with zero attached hydrogens (tertiary/aromatic N) is 1. The van der Waals surface area contributed by atoms with Gasteiger partial charge in [0.2, 0.25) is 0 Å². The summed E-state index contributed by atoms with van der Waals surface area (Å²) in [7, 11) is 0. The van der Waals surface area contributed by atoms with Crippen molar-refractivity contribution >= 4 is 5.97 Å². The van der Waals surface area contributed by atoms with Gasteiger partial charge in [-0.05, 0) is 56.7 Å². The van der Waals surface area contributed by atoms with Gasteiger partial charge in [0.1, 0.15) is 11.7 Å². The SMILES string of the molecule is C[C@H]1CCC[C@]2(C)C[C@H]3OC(=O)[C@H](CNC4CCN(Cc5ccccc5)CC4)[C@H]3[C@H]3O[C@@]312. The summed E-state index contributed by atoms with van der Waals surface area (Å²) in [5.41, 5.74) is 1.56. The predicted molar refractivity (Wildman–Crippen MR) is 123 cm³/mol. The standard InChI is InChI=1S/C27H38N2O3/c1-18-7-6-12-26(2)15-22-23(24-27(18,26)32-24)21(25(30)31-22)16-28-20-10-13-29(14-11-20)17-19-8-4-3-5-9-19/h3-5,8-9,18,20-24,28H,6-7,10-17H2,1-2H3/t18-,21+,22+,23+,24+,26+,27+/m0/s1. The molecule has 5 nitrogen and oxygen atoms in total. The zero-order chi connectivity index (χ0) is 21.9. The third-order valence-electron chi connectivity index (χ3n) is 9.66. The molecular weight excluding hydrogens is 400 g/mol. The topological polar surface area (TPSA) is 54.1 Å². The maximum Gasteiger partial charge on any atom is 0.311 e. The van der Waals surface area contributed by atoms with E-state index >= 15 is 0 Å². The first-order valence-electron chi connectivity index (χ1n) is 12.9. The van der Waals surface area contributed by atoms with Gasteiger partial charge in [0.15, 0.2) is 0 Å². The maximum atomic E-state index is 12.9. The van der Waals surface area contributed by atoms with Crippen LogP contribution in [0.25, 0.3) is 0 Å². The van der Waals surface area contributed by atoms with E-state index in [-0.39, 0.29) is 41.0 Å². The fourth-order valence-electron chi connectivity index (χ4n) is 7.90. The highest BCUT2D eigenvalue weighted by molar-refractivity contribution is 5.76. The minimum atomic E-state index is -0.0506. The number of carbonyl (C=O) groups is 1. The molecule has 3 aliphatic heterocycles. The van der Waals surface area contributed by atoms with Crippen LogP contribution in [0.1, 0.15) is 57.9 Å². The first kappa shape index (κ1) is 21.1. The van der Waals surface area contributed by atoms with Gasteiger partial charge in [-0.25, -0.2) is 0 Å². The zero-order valence-corrected chi connectivity index (χ0v) is 19.6. The molecule has 5 fully saturated rings. The Labute approximate surface area is 192 Å². The third kappa shape index (κ3) is 3.26. The quantitative estimate of drug-likeness (QED) is 0.560. The van der Waals surface area contributed by atoms with Crippen molar-refractivity contribution in [2.45, 2.75) is 82.8 Å². The Morgan fingerprint density at radius 1 is 1.16 bits per heavy atom. The molecule has 0 amide bonds. The number of hydrogen-bond donors (Lipinski definition) is 1. The number of fused-ring (bicyclic) bond motifs is 2. The van der Waals surface area contributed by atoms with Gasteiger partial charge in [0.25, 0.3) is 0 Å². The first-order chi connectivity index (χ1) is 15.5. The Morgan fingerprint density at radius 3 is 2.72 bits per heavy atom. The van der Waals surface area contributed by atoms with Gasteiger partial charge in [0, 0.05) is 30.5 Å². The van der Waals surface area contributed by atoms with Crippen LogP contribution in [0, 0.1) is 23.2 Å². The number of epoxide rings is 1. The molecule has 1 spiro atoms. The second-order valence-corrected chi connectivity index (χ2v) is 11.5. The fourth-order valence-corrected chi connectivity index (χ4v) is 7.90. The number of nitrogens with one attached hydrogen (secondary N) is 1. The molecule has 1 aromatic carbocycles. The van der Waals surface area contributed by atoms with E-state index in [2.05, 4.69) is 54.4 Å². The molecule has 3 saturated heterocycles. The highest BCUT2D eigenvalue weighted by Gasteiger charge is 2.78. The van der Waals surface area contributed by atoms with Gasteiger partial charge >= 0.3 is 5.97 Å². The molecular formula is C27H38N2O3. The van der Waals surface area contributed by atoms with E-state index in [0.29, 0.717) is 12.0 Å². The van der Waals surface area contributed by atoms with Crippen molar-refractivity contribution in [2.24, 2.45) is 23.2 Å². The van der Waals surface area contributed by atoms with E-state index in [4.69, 9.17) is 9.47 Å². The molecule has 2 aliphatic carbocycles. The van der Waals surface area contributed by atoms with Crippen molar-refractivity contribution < 1.29 is 14.3 Å². The van der Waals surface area contributed by atoms with Crippen LogP contribution in [0.4, 0.5) is 0 Å². The number of hydrogen-bond acceptors (Lipinski definition) is 5. The van der Waals surface area contributed by atoms with Crippen molar-refractivity contribution in [2.75, 3.05) is 19.6 Å². The first-order valence-corrected chi connectivity index (χ1v) is 12.9. The lowest BCUT2D eigenvalue weighted by Crippen LogP contribution is -2.55. The number of likely N-dealkylation sites (tertiary alicyclic amines) is 1. The summed E-state index contributed by atoms with van der Waals surface area (Å²) in [6.45, 7) is 8.75. The van der Waals surface area contributed by atoms with Gasteiger partial charge in [0.05, 0.1) is 12.0 Å². The maximum absolute atomic E-state index is 12.9. The van der Waals surface area contributed by atoms with Crippen LogP contribution < -0.4 is 5.32 Å². The number of esters is 1. The van der Waals surface area contributed by atoms with E-state index in [0.717, 1.165) is 45.4 Å². The number of ether oxygens (including phenoxy) is 2. The lowest BCUT2D eigenvalue weighted by molar-refractivity contribution is -0.146. The van der Waals surface area contributed by atoms with E-state index in [1.807, 2.05) is 0 Å². The molecule has 6 rings (SSSR count). The largest absolute Gasteiger partial charge is 0.462 e. The van der Waals surface area contributed by atoms with Crippen molar-refractivity contribution in [3.05, 3.63) is 35.9 Å². The summed E-state index contributed by atoms with van der Waals surface area (Å²) in [4.78, 5) is 15.4. The van der Waals surface area contributed by atoms with Gasteiger partial charge < -0.3 is 14.8 Å². The van der Waals surface area contributed by atoms with Gasteiger partial charge in [-0.1, -0.05) is 50.6 Å². The molecule has 0 unspecified atom stereocenters. The number of benzene rings is 1. The number of carbonyl (C=O) groups excluding carboxylic acids is 1. The monoisotopic (exact) mass is 438 g/mol. The van der Waals surface area contributed by atoms with Crippen LogP contribution in [0.2, 0.25) is 0 Å². The smallest absolute Gasteiger partial charge is 0.311 e. The lowest BCUT2D eigenvalue weighted by Gasteiger charge is -2.48. The second kappa shape index (κ2) is 7.82. The number of piperidine rings is 1. The summed E-state index contributed by atoms with van der Waals surface area (Å²) in [6.07, 6.45) is 7.27. The number of rotatable bonds is 5. The highest BCUT2D eigenvalue weighted by atomic mass is 16.6. The molecule has 0 radical (unpaired) electrons. The zero-order valence-electron chi connectivity index (χ0n) is 19.6. The van der Waals surface area contributed by atoms with Gasteiger partial charge in [-0.15, -0.1) is 0 Å². The average molecular weight is 439 g/mol. The van der Waals surface area contributed by atoms with Crippen LogP contribution in [0.3, 0.4) is 0 Å². The van der Waals surface area contributed by atoms with E-state index < -0.39 is 0 Å². The van der Waals surface area contributed by atoms with Crippen molar-refractivity contribution in [1.82, 2.24) is 10.2 Å². The van der Waals surface area contributed by atoms with Crippen LogP contribution >= 0.6 is 0 Å². The van der Waals surface area contributed by atoms with Gasteiger partial charge in [-0.3, -0.25) is 9.69 Å². The minimum Gasteiger partial charge on any atom is -0.462 e. The Morgan fingerprint density at radius 2 is 1.94 bits per heavy atom. The molecule has 3 heterocycles. The molecule has 32 heavy (non-hydrogen) atoms. The normalized spacial score (nSPS) is 43.8. The Hall–Kier alpha value is -1.43. The molecule has 7 atom stereocenters. The molecule has 0 aromatic heterocycles. The summed E-state index contributed by atoms with van der Waals surface area (Å²) < 4.78 is 12.6. The van der Waals surface area contributed by atoms with Crippen LogP contribution in [0.5, 0.6) is 0 Å². The molecule has 1 N–H and O–H groups in total. The van der Waals surface area contributed by atoms with Crippen LogP contribution in [-0.4, -0.2) is 54.4 Å². The second-order valence-electron chi connectivity index (χ2n) is 11.5. The molecule has 1 aromatic rings. The summed E-state index contributed by atoms with van der Waals surface area (Å²) in [5.74, 6) is 0.784. The van der Waals surface area contributed by atoms with Crippen molar-refractivity contribution in [3.8, 4) is 0 Å². The molecule has 174 valence electrons. The predicted octanol–water partition coefficient (Wildman–Crippen LogP) is 3.77. The lowest BCUT2D eigenvalue weighted by atomic mass is 9.53. The Bertz CT molecular complexity index is 854.